The second-order valence-corrected chi connectivity index (χ2v) is 5.11. The standard InChI is InChI=1S/C12H17F3N2/c13-12(14,15)10-4-2-6-17(8-10)11-5-1-3-9(11)7-16/h9-11H,1-6,8H2. The number of nitrogens with zero attached hydrogens (tertiary/aromatic N) is 2. The van der Waals surface area contributed by atoms with Crippen LogP contribution in [0.25, 0.3) is 0 Å². The van der Waals surface area contributed by atoms with E-state index in [9.17, 15) is 13.2 Å². The maximum absolute atomic E-state index is 12.7. The van der Waals surface area contributed by atoms with E-state index in [0.29, 0.717) is 6.42 Å². The molecule has 1 aliphatic carbocycles. The van der Waals surface area contributed by atoms with Crippen molar-refractivity contribution in [3.63, 3.8) is 0 Å². The Labute approximate surface area is 99.4 Å². The first kappa shape index (κ1) is 12.7. The number of halogens is 3. The average molecular weight is 246 g/mol. The average Bonchev–Trinajstić information content (AvgIpc) is 2.76. The SMILES string of the molecule is N#CC1CCCC1N1CCCC(C(F)(F)F)C1. The number of alkyl halides is 3. The van der Waals surface area contributed by atoms with Gasteiger partial charge in [-0.2, -0.15) is 18.4 Å². The Morgan fingerprint density at radius 1 is 1.12 bits per heavy atom. The van der Waals surface area contributed by atoms with E-state index in [-0.39, 0.29) is 24.9 Å². The molecule has 0 aromatic heterocycles. The lowest BCUT2D eigenvalue weighted by atomic mass is 9.94. The molecule has 5 heteroatoms. The lowest BCUT2D eigenvalue weighted by Crippen LogP contribution is -2.47. The maximum Gasteiger partial charge on any atom is 0.393 e. The quantitative estimate of drug-likeness (QED) is 0.711. The van der Waals surface area contributed by atoms with E-state index in [4.69, 9.17) is 5.26 Å². The first-order valence-electron chi connectivity index (χ1n) is 6.22. The van der Waals surface area contributed by atoms with E-state index in [1.807, 2.05) is 4.90 Å². The predicted molar refractivity (Wildman–Crippen MR) is 57.1 cm³/mol. The zero-order valence-electron chi connectivity index (χ0n) is 9.71. The molecule has 3 atom stereocenters. The van der Waals surface area contributed by atoms with Gasteiger partial charge >= 0.3 is 6.18 Å². The molecule has 1 aliphatic heterocycles. The Kier molecular flexibility index (Phi) is 3.62. The molecule has 0 N–H and O–H groups in total. The van der Waals surface area contributed by atoms with Gasteiger partial charge in [0.15, 0.2) is 0 Å². The van der Waals surface area contributed by atoms with E-state index < -0.39 is 12.1 Å². The number of hydrogen-bond acceptors (Lipinski definition) is 2. The van der Waals surface area contributed by atoms with Crippen LogP contribution < -0.4 is 0 Å². The minimum atomic E-state index is -4.08. The monoisotopic (exact) mass is 246 g/mol. The molecule has 2 rings (SSSR count). The van der Waals surface area contributed by atoms with Crippen LogP contribution in [0.3, 0.4) is 0 Å². The van der Waals surface area contributed by atoms with Crippen molar-refractivity contribution in [2.45, 2.75) is 44.3 Å². The van der Waals surface area contributed by atoms with Gasteiger partial charge in [0.1, 0.15) is 0 Å². The predicted octanol–water partition coefficient (Wildman–Crippen LogP) is 2.95. The van der Waals surface area contributed by atoms with Crippen molar-refractivity contribution >= 4 is 0 Å². The van der Waals surface area contributed by atoms with Gasteiger partial charge in [-0.25, -0.2) is 0 Å². The fourth-order valence-corrected chi connectivity index (χ4v) is 3.10. The Morgan fingerprint density at radius 2 is 1.88 bits per heavy atom. The van der Waals surface area contributed by atoms with E-state index >= 15 is 0 Å². The highest BCUT2D eigenvalue weighted by Crippen LogP contribution is 2.37. The summed E-state index contributed by atoms with van der Waals surface area (Å²) < 4.78 is 38.1. The minimum Gasteiger partial charge on any atom is -0.298 e. The molecule has 17 heavy (non-hydrogen) atoms. The summed E-state index contributed by atoms with van der Waals surface area (Å²) in [5, 5.41) is 8.99. The second-order valence-electron chi connectivity index (χ2n) is 5.11. The molecule has 0 amide bonds. The van der Waals surface area contributed by atoms with Crippen LogP contribution in [0.2, 0.25) is 0 Å². The fourth-order valence-electron chi connectivity index (χ4n) is 3.10. The molecule has 0 bridgehead atoms. The molecule has 0 aromatic carbocycles. The molecule has 2 fully saturated rings. The minimum absolute atomic E-state index is 0.0603. The van der Waals surface area contributed by atoms with Crippen LogP contribution in [-0.4, -0.2) is 30.2 Å². The highest BCUT2D eigenvalue weighted by molar-refractivity contribution is 4.98. The third-order valence-electron chi connectivity index (χ3n) is 4.03. The molecule has 1 heterocycles. The van der Waals surface area contributed by atoms with Gasteiger partial charge in [-0.05, 0) is 32.2 Å². The summed E-state index contributed by atoms with van der Waals surface area (Å²) in [5.41, 5.74) is 0. The highest BCUT2D eigenvalue weighted by atomic mass is 19.4. The number of piperidine rings is 1. The van der Waals surface area contributed by atoms with Gasteiger partial charge in [-0.15, -0.1) is 0 Å². The van der Waals surface area contributed by atoms with Gasteiger partial charge in [0.2, 0.25) is 0 Å². The van der Waals surface area contributed by atoms with Crippen LogP contribution >= 0.6 is 0 Å². The van der Waals surface area contributed by atoms with Crippen molar-refractivity contribution in [3.05, 3.63) is 0 Å². The summed E-state index contributed by atoms with van der Waals surface area (Å²) in [6.07, 6.45) is -0.560. The van der Waals surface area contributed by atoms with E-state index in [2.05, 4.69) is 6.07 Å². The molecule has 0 aromatic rings. The topological polar surface area (TPSA) is 27.0 Å². The first-order valence-corrected chi connectivity index (χ1v) is 6.22. The van der Waals surface area contributed by atoms with Gasteiger partial charge in [0.05, 0.1) is 17.9 Å². The van der Waals surface area contributed by atoms with Gasteiger partial charge in [-0.1, -0.05) is 6.42 Å². The summed E-state index contributed by atoms with van der Waals surface area (Å²) in [6.45, 7) is 0.807. The van der Waals surface area contributed by atoms with Crippen molar-refractivity contribution < 1.29 is 13.2 Å². The Hall–Kier alpha value is -0.760. The van der Waals surface area contributed by atoms with Gasteiger partial charge in [-0.3, -0.25) is 4.90 Å². The third-order valence-corrected chi connectivity index (χ3v) is 4.03. The third kappa shape index (κ3) is 2.74. The van der Waals surface area contributed by atoms with Crippen LogP contribution in [0.5, 0.6) is 0 Å². The van der Waals surface area contributed by atoms with Crippen LogP contribution in [0.15, 0.2) is 0 Å². The molecule has 96 valence electrons. The highest BCUT2D eigenvalue weighted by Gasteiger charge is 2.44. The fraction of sp³-hybridized carbons (Fsp3) is 0.917. The van der Waals surface area contributed by atoms with Crippen molar-refractivity contribution in [3.8, 4) is 6.07 Å². The van der Waals surface area contributed by atoms with Crippen LogP contribution in [0, 0.1) is 23.2 Å². The zero-order chi connectivity index (χ0) is 12.5. The zero-order valence-corrected chi connectivity index (χ0v) is 9.71. The molecule has 2 nitrogen and oxygen atoms in total. The van der Waals surface area contributed by atoms with Crippen molar-refractivity contribution in [2.24, 2.45) is 11.8 Å². The Bertz CT molecular complexity index is 308. The molecular formula is C12H17F3N2. The number of likely N-dealkylation sites (tertiary alicyclic amines) is 1. The van der Waals surface area contributed by atoms with Gasteiger partial charge < -0.3 is 0 Å². The Morgan fingerprint density at radius 3 is 2.53 bits per heavy atom. The summed E-state index contributed by atoms with van der Waals surface area (Å²) in [4.78, 5) is 1.91. The van der Waals surface area contributed by atoms with Gasteiger partial charge in [0, 0.05) is 12.6 Å². The molecule has 3 unspecified atom stereocenters. The molecular weight excluding hydrogens is 229 g/mol. The summed E-state index contributed by atoms with van der Waals surface area (Å²) in [5.74, 6) is -1.27. The van der Waals surface area contributed by atoms with Crippen molar-refractivity contribution in [1.82, 2.24) is 4.90 Å². The van der Waals surface area contributed by atoms with E-state index in [1.54, 1.807) is 0 Å². The molecule has 1 saturated heterocycles. The molecule has 2 aliphatic rings. The Balaban J connectivity index is 2.00. The van der Waals surface area contributed by atoms with Gasteiger partial charge in [0.25, 0.3) is 0 Å². The largest absolute Gasteiger partial charge is 0.393 e. The molecule has 0 spiro atoms. The van der Waals surface area contributed by atoms with Crippen LogP contribution in [0.1, 0.15) is 32.1 Å². The summed E-state index contributed by atoms with van der Waals surface area (Å²) in [6, 6.07) is 2.30. The summed E-state index contributed by atoms with van der Waals surface area (Å²) in [7, 11) is 0. The molecule has 0 radical (unpaired) electrons. The lowest BCUT2D eigenvalue weighted by molar-refractivity contribution is -0.188. The molecule has 1 saturated carbocycles. The van der Waals surface area contributed by atoms with E-state index in [1.165, 1.54) is 0 Å². The number of nitriles is 1. The van der Waals surface area contributed by atoms with Crippen molar-refractivity contribution in [1.29, 1.82) is 5.26 Å². The summed E-state index contributed by atoms with van der Waals surface area (Å²) >= 11 is 0. The number of hydrogen-bond donors (Lipinski definition) is 0. The van der Waals surface area contributed by atoms with Crippen molar-refractivity contribution in [2.75, 3.05) is 13.1 Å². The normalized spacial score (nSPS) is 35.8. The first-order chi connectivity index (χ1) is 8.02. The smallest absolute Gasteiger partial charge is 0.298 e. The van der Waals surface area contributed by atoms with Crippen LogP contribution in [0.4, 0.5) is 13.2 Å². The lowest BCUT2D eigenvalue weighted by Gasteiger charge is -2.38. The second kappa shape index (κ2) is 4.85. The maximum atomic E-state index is 12.7. The number of rotatable bonds is 1. The van der Waals surface area contributed by atoms with Crippen LogP contribution in [-0.2, 0) is 0 Å². The van der Waals surface area contributed by atoms with E-state index in [0.717, 1.165) is 25.8 Å².